The molecule has 1 rings (SSSR count). The van der Waals surface area contributed by atoms with Gasteiger partial charge in [-0.2, -0.15) is 13.2 Å². The van der Waals surface area contributed by atoms with Crippen LogP contribution in [0.15, 0.2) is 52.9 Å². The summed E-state index contributed by atoms with van der Waals surface area (Å²) in [6, 6.07) is 0. The molecule has 0 fully saturated rings. The van der Waals surface area contributed by atoms with Crippen molar-refractivity contribution >= 4 is 11.7 Å². The Morgan fingerprint density at radius 3 is 2.67 bits per heavy atom. The minimum absolute atomic E-state index is 0.0707. The summed E-state index contributed by atoms with van der Waals surface area (Å²) in [5.41, 5.74) is -1.19. The first-order valence-electron chi connectivity index (χ1n) is 7.02. The van der Waals surface area contributed by atoms with Gasteiger partial charge in [-0.05, 0) is 31.1 Å². The average Bonchev–Trinajstić information content (AvgIpc) is 2.55. The molecule has 0 radical (unpaired) electrons. The van der Waals surface area contributed by atoms with Crippen molar-refractivity contribution in [3.05, 3.63) is 47.8 Å². The van der Waals surface area contributed by atoms with Crippen LogP contribution in [-0.4, -0.2) is 38.7 Å². The van der Waals surface area contributed by atoms with Crippen molar-refractivity contribution in [2.24, 2.45) is 5.16 Å². The maximum absolute atomic E-state index is 13.2. The Labute approximate surface area is 137 Å². The van der Waals surface area contributed by atoms with Gasteiger partial charge in [0.05, 0.1) is 26.1 Å². The molecule has 0 bridgehead atoms. The topological polar surface area (TPSA) is 57.1 Å². The second-order valence-electron chi connectivity index (χ2n) is 4.57. The summed E-state index contributed by atoms with van der Waals surface area (Å²) in [6.45, 7) is 0.400. The zero-order chi connectivity index (χ0) is 18.0. The molecule has 24 heavy (non-hydrogen) atoms. The highest BCUT2D eigenvalue weighted by atomic mass is 19.4. The Morgan fingerprint density at radius 2 is 2.12 bits per heavy atom. The third-order valence-corrected chi connectivity index (χ3v) is 2.84. The summed E-state index contributed by atoms with van der Waals surface area (Å²) in [5, 5.41) is 3.75. The highest BCUT2D eigenvalue weighted by Crippen LogP contribution is 2.32. The lowest BCUT2D eigenvalue weighted by atomic mass is 10.0. The van der Waals surface area contributed by atoms with Crippen molar-refractivity contribution < 1.29 is 32.3 Å². The number of rotatable bonds is 7. The van der Waals surface area contributed by atoms with E-state index in [-0.39, 0.29) is 6.42 Å². The molecule has 1 heterocycles. The average molecular weight is 345 g/mol. The van der Waals surface area contributed by atoms with E-state index in [0.717, 1.165) is 26.6 Å². The Kier molecular flexibility index (Phi) is 7.81. The van der Waals surface area contributed by atoms with E-state index in [2.05, 4.69) is 14.6 Å². The minimum Gasteiger partial charge on any atom is -0.503 e. The number of methoxy groups -OCH3 is 2. The molecule has 0 saturated carbocycles. The van der Waals surface area contributed by atoms with Crippen LogP contribution in [-0.2, 0) is 19.1 Å². The molecule has 0 aromatic rings. The van der Waals surface area contributed by atoms with Crippen LogP contribution in [0.4, 0.5) is 13.2 Å². The maximum atomic E-state index is 13.2. The predicted octanol–water partition coefficient (Wildman–Crippen LogP) is 3.46. The molecule has 0 spiro atoms. The van der Waals surface area contributed by atoms with E-state index in [4.69, 9.17) is 4.84 Å². The lowest BCUT2D eigenvalue weighted by Crippen LogP contribution is -2.20. The Hall–Kier alpha value is -2.51. The Bertz CT molecular complexity index is 587. The highest BCUT2D eigenvalue weighted by Gasteiger charge is 2.38. The van der Waals surface area contributed by atoms with Crippen molar-refractivity contribution in [2.75, 3.05) is 20.8 Å². The van der Waals surface area contributed by atoms with E-state index in [1.54, 1.807) is 24.3 Å². The van der Waals surface area contributed by atoms with Gasteiger partial charge in [0.25, 0.3) is 0 Å². The molecule has 0 unspecified atom stereocenters. The number of unbranched alkanes of at least 4 members (excludes halogenated alkanes) is 1. The number of carbonyl (C=O) groups is 1. The van der Waals surface area contributed by atoms with E-state index in [0.29, 0.717) is 18.7 Å². The molecule has 5 nitrogen and oxygen atoms in total. The number of carbonyl (C=O) groups excluding carboxylic acids is 1. The summed E-state index contributed by atoms with van der Waals surface area (Å²) in [4.78, 5) is 16.4. The summed E-state index contributed by atoms with van der Waals surface area (Å²) in [5.74, 6) is -1.12. The Balaban J connectivity index is 2.81. The fourth-order valence-electron chi connectivity index (χ4n) is 1.80. The number of hydrogen-bond donors (Lipinski definition) is 0. The third-order valence-electron chi connectivity index (χ3n) is 2.84. The zero-order valence-corrected chi connectivity index (χ0v) is 13.3. The monoisotopic (exact) mass is 345 g/mol. The van der Waals surface area contributed by atoms with E-state index in [1.165, 1.54) is 0 Å². The van der Waals surface area contributed by atoms with Crippen LogP contribution in [0.3, 0.4) is 0 Å². The van der Waals surface area contributed by atoms with Crippen LogP contribution in [0.25, 0.3) is 0 Å². The van der Waals surface area contributed by atoms with Gasteiger partial charge in [-0.1, -0.05) is 17.3 Å². The highest BCUT2D eigenvalue weighted by molar-refractivity contribution is 6.03. The number of alkyl halides is 3. The first-order valence-corrected chi connectivity index (χ1v) is 7.02. The lowest BCUT2D eigenvalue weighted by Gasteiger charge is -2.13. The summed E-state index contributed by atoms with van der Waals surface area (Å²) < 4.78 is 48.4. The fourth-order valence-corrected chi connectivity index (χ4v) is 1.80. The molecule has 0 saturated heterocycles. The SMILES string of the molecule is COC=C(C(=O)OC)C(=CCCC=CC1=NOCC=C1)C(F)(F)F. The molecule has 1 aliphatic heterocycles. The quantitative estimate of drug-likeness (QED) is 0.233. The molecule has 1 aliphatic rings. The number of ether oxygens (including phenoxy) is 2. The number of halogens is 3. The first kappa shape index (κ1) is 19.5. The number of oxime groups is 1. The standard InChI is InChI=1S/C16H18F3NO4/c1-22-11-13(15(21)23-2)14(16(17,18)19)9-5-3-4-7-12-8-6-10-24-20-12/h4,6-9,11H,3,5,10H2,1-2H3. The molecular formula is C16H18F3NO4. The number of hydrogen-bond acceptors (Lipinski definition) is 5. The molecule has 0 aliphatic carbocycles. The van der Waals surface area contributed by atoms with Crippen LogP contribution in [0.5, 0.6) is 0 Å². The first-order chi connectivity index (χ1) is 11.4. The number of nitrogens with zero attached hydrogens (tertiary/aromatic N) is 1. The maximum Gasteiger partial charge on any atom is 0.417 e. The van der Waals surface area contributed by atoms with Gasteiger partial charge in [-0.3, -0.25) is 0 Å². The Morgan fingerprint density at radius 1 is 1.38 bits per heavy atom. The summed E-state index contributed by atoms with van der Waals surface area (Å²) in [7, 11) is 2.16. The zero-order valence-electron chi connectivity index (χ0n) is 13.3. The molecule has 132 valence electrons. The smallest absolute Gasteiger partial charge is 0.417 e. The van der Waals surface area contributed by atoms with Gasteiger partial charge in [-0.25, -0.2) is 4.79 Å². The largest absolute Gasteiger partial charge is 0.503 e. The van der Waals surface area contributed by atoms with Gasteiger partial charge in [-0.15, -0.1) is 0 Å². The number of allylic oxidation sites excluding steroid dienone is 4. The van der Waals surface area contributed by atoms with Crippen LogP contribution in [0.1, 0.15) is 12.8 Å². The molecule has 0 N–H and O–H groups in total. The minimum atomic E-state index is -4.70. The fraction of sp³-hybridized carbons (Fsp3) is 0.375. The molecule has 0 aromatic carbocycles. The van der Waals surface area contributed by atoms with Crippen LogP contribution in [0, 0.1) is 0 Å². The van der Waals surface area contributed by atoms with Gasteiger partial charge in [0.1, 0.15) is 17.9 Å². The molecule has 0 aromatic heterocycles. The van der Waals surface area contributed by atoms with E-state index in [1.807, 2.05) is 0 Å². The van der Waals surface area contributed by atoms with Crippen molar-refractivity contribution in [1.82, 2.24) is 0 Å². The van der Waals surface area contributed by atoms with Crippen molar-refractivity contribution in [3.63, 3.8) is 0 Å². The van der Waals surface area contributed by atoms with E-state index < -0.39 is 23.3 Å². The van der Waals surface area contributed by atoms with Crippen molar-refractivity contribution in [3.8, 4) is 0 Å². The van der Waals surface area contributed by atoms with Crippen LogP contribution >= 0.6 is 0 Å². The predicted molar refractivity (Wildman–Crippen MR) is 82.1 cm³/mol. The summed E-state index contributed by atoms with van der Waals surface area (Å²) >= 11 is 0. The molecular weight excluding hydrogens is 327 g/mol. The molecule has 8 heteroatoms. The van der Waals surface area contributed by atoms with E-state index >= 15 is 0 Å². The van der Waals surface area contributed by atoms with Gasteiger partial charge in [0.15, 0.2) is 0 Å². The van der Waals surface area contributed by atoms with E-state index in [9.17, 15) is 18.0 Å². The summed E-state index contributed by atoms with van der Waals surface area (Å²) in [6.07, 6.45) is 4.17. The van der Waals surface area contributed by atoms with Gasteiger partial charge < -0.3 is 14.3 Å². The molecule has 0 amide bonds. The molecule has 0 atom stereocenters. The lowest BCUT2D eigenvalue weighted by molar-refractivity contribution is -0.138. The third kappa shape index (κ3) is 6.31. The van der Waals surface area contributed by atoms with Gasteiger partial charge >= 0.3 is 12.1 Å². The second kappa shape index (κ2) is 9.59. The van der Waals surface area contributed by atoms with Crippen LogP contribution in [0.2, 0.25) is 0 Å². The second-order valence-corrected chi connectivity index (χ2v) is 4.57. The van der Waals surface area contributed by atoms with Crippen molar-refractivity contribution in [2.45, 2.75) is 19.0 Å². The van der Waals surface area contributed by atoms with Crippen molar-refractivity contribution in [1.29, 1.82) is 0 Å². The van der Waals surface area contributed by atoms with Crippen LogP contribution < -0.4 is 0 Å². The normalized spacial score (nSPS) is 16.0. The van der Waals surface area contributed by atoms with Gasteiger partial charge in [0, 0.05) is 0 Å². The number of esters is 1. The van der Waals surface area contributed by atoms with Gasteiger partial charge in [0.2, 0.25) is 0 Å².